The lowest BCUT2D eigenvalue weighted by Gasteiger charge is -2.51. The van der Waals surface area contributed by atoms with E-state index in [-0.39, 0.29) is 5.41 Å². The number of rotatable bonds is 3. The molecule has 0 bridgehead atoms. The largest absolute Gasteiger partial charge is 0.481 e. The number of carbonyl (C=O) groups is 1. The SMILES string of the molecule is CCC(C(=O)O)C1(O)CCCCC12CCCC2. The molecule has 2 aliphatic rings. The van der Waals surface area contributed by atoms with Crippen molar-refractivity contribution in [1.29, 1.82) is 0 Å². The summed E-state index contributed by atoms with van der Waals surface area (Å²) in [7, 11) is 0. The molecule has 0 aromatic heterocycles. The molecule has 2 fully saturated rings. The number of hydrogen-bond acceptors (Lipinski definition) is 2. The predicted octanol–water partition coefficient (Wildman–Crippen LogP) is 2.96. The van der Waals surface area contributed by atoms with E-state index in [1.807, 2.05) is 6.92 Å². The standard InChI is InChI=1S/C14H24O3/c1-2-11(12(15)16)14(17)10-6-5-9-13(14)7-3-4-8-13/h11,17H,2-10H2,1H3,(H,15,16). The van der Waals surface area contributed by atoms with Crippen molar-refractivity contribution in [2.75, 3.05) is 0 Å². The first-order chi connectivity index (χ1) is 8.06. The number of carboxylic acid groups (broad SMARTS) is 1. The lowest BCUT2D eigenvalue weighted by Crippen LogP contribution is -2.56. The number of carboxylic acids is 1. The first kappa shape index (κ1) is 12.9. The van der Waals surface area contributed by atoms with Gasteiger partial charge < -0.3 is 10.2 Å². The molecule has 3 nitrogen and oxygen atoms in total. The van der Waals surface area contributed by atoms with Gasteiger partial charge in [-0.2, -0.15) is 0 Å². The Balaban J connectivity index is 2.33. The van der Waals surface area contributed by atoms with Crippen molar-refractivity contribution >= 4 is 5.97 Å². The van der Waals surface area contributed by atoms with Crippen LogP contribution in [0.15, 0.2) is 0 Å². The van der Waals surface area contributed by atoms with Gasteiger partial charge in [0.05, 0.1) is 11.5 Å². The minimum atomic E-state index is -0.956. The van der Waals surface area contributed by atoms with E-state index in [2.05, 4.69) is 0 Å². The Labute approximate surface area is 103 Å². The second-order valence-electron chi connectivity index (χ2n) is 5.92. The highest BCUT2D eigenvalue weighted by Crippen LogP contribution is 2.57. The van der Waals surface area contributed by atoms with Crippen LogP contribution < -0.4 is 0 Å². The third-order valence-electron chi connectivity index (χ3n) is 5.23. The molecule has 3 heteroatoms. The van der Waals surface area contributed by atoms with Gasteiger partial charge >= 0.3 is 5.97 Å². The summed E-state index contributed by atoms with van der Waals surface area (Å²) < 4.78 is 0. The molecule has 0 radical (unpaired) electrons. The van der Waals surface area contributed by atoms with Gasteiger partial charge in [-0.1, -0.05) is 32.6 Å². The monoisotopic (exact) mass is 240 g/mol. The fraction of sp³-hybridized carbons (Fsp3) is 0.929. The van der Waals surface area contributed by atoms with Gasteiger partial charge in [0.2, 0.25) is 0 Å². The highest BCUT2D eigenvalue weighted by Gasteiger charge is 2.57. The highest BCUT2D eigenvalue weighted by molar-refractivity contribution is 5.71. The molecule has 0 aliphatic heterocycles. The van der Waals surface area contributed by atoms with Crippen molar-refractivity contribution in [3.63, 3.8) is 0 Å². The van der Waals surface area contributed by atoms with Crippen molar-refractivity contribution in [3.05, 3.63) is 0 Å². The molecule has 1 spiro atoms. The van der Waals surface area contributed by atoms with E-state index in [0.29, 0.717) is 12.8 Å². The first-order valence-electron chi connectivity index (χ1n) is 7.01. The summed E-state index contributed by atoms with van der Waals surface area (Å²) in [6, 6.07) is 0. The zero-order chi connectivity index (χ0) is 12.5. The average Bonchev–Trinajstić information content (AvgIpc) is 2.73. The third-order valence-corrected chi connectivity index (χ3v) is 5.23. The van der Waals surface area contributed by atoms with Gasteiger partial charge in [-0.3, -0.25) is 4.79 Å². The second kappa shape index (κ2) is 4.60. The summed E-state index contributed by atoms with van der Waals surface area (Å²) in [4.78, 5) is 11.4. The maximum Gasteiger partial charge on any atom is 0.309 e. The molecule has 0 heterocycles. The van der Waals surface area contributed by atoms with Crippen LogP contribution in [0.5, 0.6) is 0 Å². The lowest BCUT2D eigenvalue weighted by molar-refractivity contribution is -0.180. The molecule has 2 atom stereocenters. The van der Waals surface area contributed by atoms with E-state index in [0.717, 1.165) is 44.9 Å². The normalized spacial score (nSPS) is 33.8. The van der Waals surface area contributed by atoms with Crippen molar-refractivity contribution in [3.8, 4) is 0 Å². The van der Waals surface area contributed by atoms with Crippen molar-refractivity contribution in [2.45, 2.75) is 70.3 Å². The average molecular weight is 240 g/mol. The second-order valence-corrected chi connectivity index (χ2v) is 5.92. The van der Waals surface area contributed by atoms with Crippen LogP contribution in [0, 0.1) is 11.3 Å². The molecule has 0 aromatic rings. The minimum Gasteiger partial charge on any atom is -0.481 e. The van der Waals surface area contributed by atoms with Crippen LogP contribution in [-0.4, -0.2) is 21.8 Å². The van der Waals surface area contributed by atoms with Crippen LogP contribution >= 0.6 is 0 Å². The van der Waals surface area contributed by atoms with Gasteiger partial charge in [-0.25, -0.2) is 0 Å². The number of aliphatic hydroxyl groups is 1. The Morgan fingerprint density at radius 3 is 2.00 bits per heavy atom. The van der Waals surface area contributed by atoms with Crippen molar-refractivity contribution in [1.82, 2.24) is 0 Å². The van der Waals surface area contributed by atoms with E-state index in [9.17, 15) is 15.0 Å². The maximum atomic E-state index is 11.4. The van der Waals surface area contributed by atoms with Gasteiger partial charge in [0.1, 0.15) is 0 Å². The van der Waals surface area contributed by atoms with Gasteiger partial charge in [0.25, 0.3) is 0 Å². The lowest BCUT2D eigenvalue weighted by atomic mass is 9.57. The van der Waals surface area contributed by atoms with Crippen molar-refractivity contribution < 1.29 is 15.0 Å². The molecular weight excluding hydrogens is 216 g/mol. The predicted molar refractivity (Wildman–Crippen MR) is 65.7 cm³/mol. The fourth-order valence-corrected chi connectivity index (χ4v) is 4.33. The fourth-order valence-electron chi connectivity index (χ4n) is 4.33. The highest BCUT2D eigenvalue weighted by atomic mass is 16.4. The summed E-state index contributed by atoms with van der Waals surface area (Å²) in [5, 5.41) is 20.4. The van der Waals surface area contributed by atoms with Gasteiger partial charge in [0.15, 0.2) is 0 Å². The van der Waals surface area contributed by atoms with E-state index >= 15 is 0 Å². The topological polar surface area (TPSA) is 57.5 Å². The Morgan fingerprint density at radius 1 is 1.12 bits per heavy atom. The van der Waals surface area contributed by atoms with Crippen LogP contribution in [0.3, 0.4) is 0 Å². The van der Waals surface area contributed by atoms with E-state index in [1.165, 1.54) is 0 Å². The number of aliphatic carboxylic acids is 1. The minimum absolute atomic E-state index is 0.0929. The molecule has 2 unspecified atom stereocenters. The van der Waals surface area contributed by atoms with Crippen LogP contribution in [0.4, 0.5) is 0 Å². The van der Waals surface area contributed by atoms with Crippen LogP contribution in [0.2, 0.25) is 0 Å². The smallest absolute Gasteiger partial charge is 0.309 e. The quantitative estimate of drug-likeness (QED) is 0.797. The summed E-state index contributed by atoms with van der Waals surface area (Å²) in [6.45, 7) is 1.88. The molecule has 2 rings (SSSR count). The Hall–Kier alpha value is -0.570. The molecule has 2 N–H and O–H groups in total. The van der Waals surface area contributed by atoms with Crippen molar-refractivity contribution in [2.24, 2.45) is 11.3 Å². The number of hydrogen-bond donors (Lipinski definition) is 2. The zero-order valence-corrected chi connectivity index (χ0v) is 10.7. The zero-order valence-electron chi connectivity index (χ0n) is 10.7. The summed E-state index contributed by atoms with van der Waals surface area (Å²) >= 11 is 0. The molecule has 0 aromatic carbocycles. The Kier molecular flexibility index (Phi) is 3.48. The Bertz CT molecular complexity index is 294. The van der Waals surface area contributed by atoms with Gasteiger partial charge in [-0.05, 0) is 37.5 Å². The van der Waals surface area contributed by atoms with Crippen LogP contribution in [0.25, 0.3) is 0 Å². The Morgan fingerprint density at radius 2 is 1.59 bits per heavy atom. The maximum absolute atomic E-state index is 11.4. The van der Waals surface area contributed by atoms with Crippen LogP contribution in [-0.2, 0) is 4.79 Å². The molecule has 0 amide bonds. The third kappa shape index (κ3) is 1.88. The summed E-state index contributed by atoms with van der Waals surface area (Å²) in [5.74, 6) is -1.40. The van der Waals surface area contributed by atoms with E-state index < -0.39 is 17.5 Å². The molecule has 17 heavy (non-hydrogen) atoms. The van der Waals surface area contributed by atoms with E-state index in [1.54, 1.807) is 0 Å². The molecule has 2 saturated carbocycles. The molecule has 0 saturated heterocycles. The van der Waals surface area contributed by atoms with Gasteiger partial charge in [-0.15, -0.1) is 0 Å². The van der Waals surface area contributed by atoms with Crippen LogP contribution in [0.1, 0.15) is 64.7 Å². The molecule has 98 valence electrons. The first-order valence-corrected chi connectivity index (χ1v) is 7.01. The van der Waals surface area contributed by atoms with E-state index in [4.69, 9.17) is 0 Å². The van der Waals surface area contributed by atoms with Gasteiger partial charge in [0, 0.05) is 0 Å². The summed E-state index contributed by atoms with van der Waals surface area (Å²) in [6.07, 6.45) is 8.70. The molecule has 2 aliphatic carbocycles. The molecular formula is C14H24O3. The summed E-state index contributed by atoms with van der Waals surface area (Å²) in [5.41, 5.74) is -1.05.